The zero-order valence-corrected chi connectivity index (χ0v) is 14.9. The summed E-state index contributed by atoms with van der Waals surface area (Å²) in [6.07, 6.45) is 4.56. The predicted molar refractivity (Wildman–Crippen MR) is 90.9 cm³/mol. The van der Waals surface area contributed by atoms with Crippen molar-refractivity contribution in [3.05, 3.63) is 41.6 Å². The minimum absolute atomic E-state index is 0.138. The van der Waals surface area contributed by atoms with Gasteiger partial charge in [-0.25, -0.2) is 27.7 Å². The van der Waals surface area contributed by atoms with Crippen LogP contribution in [0.2, 0.25) is 0 Å². The third kappa shape index (κ3) is 4.50. The van der Waals surface area contributed by atoms with Crippen LogP contribution < -0.4 is 10.1 Å². The smallest absolute Gasteiger partial charge is 0.350 e. The number of unbranched alkanes of at least 4 members (excludes halogenated alkanes) is 1. The SMILES string of the molecule is CCCCC1=CNN(C(=O)NS(=O)(=O)c2ccccc2C(=O)OC)C1. The van der Waals surface area contributed by atoms with E-state index in [2.05, 4.69) is 17.1 Å². The van der Waals surface area contributed by atoms with Gasteiger partial charge in [0.2, 0.25) is 0 Å². The second-order valence-corrected chi connectivity index (χ2v) is 7.17. The number of carbonyl (C=O) groups is 2. The number of rotatable bonds is 6. The van der Waals surface area contributed by atoms with Crippen LogP contribution in [0.25, 0.3) is 0 Å². The van der Waals surface area contributed by atoms with Crippen molar-refractivity contribution in [3.8, 4) is 0 Å². The van der Waals surface area contributed by atoms with E-state index >= 15 is 0 Å². The van der Waals surface area contributed by atoms with E-state index in [0.29, 0.717) is 6.54 Å². The number of esters is 1. The maximum absolute atomic E-state index is 12.5. The number of ether oxygens (including phenoxy) is 1. The molecule has 0 fully saturated rings. The maximum atomic E-state index is 12.5. The summed E-state index contributed by atoms with van der Waals surface area (Å²) >= 11 is 0. The molecule has 0 atom stereocenters. The second-order valence-electron chi connectivity index (χ2n) is 5.52. The summed E-state index contributed by atoms with van der Waals surface area (Å²) in [6.45, 7) is 2.37. The maximum Gasteiger partial charge on any atom is 0.350 e. The van der Waals surface area contributed by atoms with Crippen molar-refractivity contribution in [3.63, 3.8) is 0 Å². The Morgan fingerprint density at radius 1 is 1.32 bits per heavy atom. The van der Waals surface area contributed by atoms with E-state index in [4.69, 9.17) is 0 Å². The molecule has 2 N–H and O–H groups in total. The van der Waals surface area contributed by atoms with Crippen LogP contribution in [0.4, 0.5) is 4.79 Å². The molecule has 1 aromatic carbocycles. The molecule has 1 aliphatic rings. The number of carbonyl (C=O) groups excluding carboxylic acids is 2. The van der Waals surface area contributed by atoms with Gasteiger partial charge in [-0.3, -0.25) is 0 Å². The minimum atomic E-state index is -4.22. The first-order chi connectivity index (χ1) is 11.9. The van der Waals surface area contributed by atoms with Gasteiger partial charge in [0.25, 0.3) is 10.0 Å². The number of sulfonamides is 1. The Bertz CT molecular complexity index is 789. The molecule has 0 aromatic heterocycles. The van der Waals surface area contributed by atoms with Gasteiger partial charge in [0.1, 0.15) is 4.90 Å². The van der Waals surface area contributed by atoms with E-state index in [1.54, 1.807) is 6.20 Å². The molecule has 1 heterocycles. The summed E-state index contributed by atoms with van der Waals surface area (Å²) < 4.78 is 31.5. The molecule has 2 rings (SSSR count). The first-order valence-corrected chi connectivity index (χ1v) is 9.33. The molecule has 0 bridgehead atoms. The number of amides is 2. The molecular formula is C16H21N3O5S. The second kappa shape index (κ2) is 8.02. The van der Waals surface area contributed by atoms with Crippen molar-refractivity contribution < 1.29 is 22.7 Å². The van der Waals surface area contributed by atoms with Crippen LogP contribution in [0.15, 0.2) is 40.9 Å². The van der Waals surface area contributed by atoms with Crippen LogP contribution in [0.5, 0.6) is 0 Å². The van der Waals surface area contributed by atoms with Crippen LogP contribution in [-0.4, -0.2) is 39.1 Å². The Hall–Kier alpha value is -2.55. The Balaban J connectivity index is 2.10. The average molecular weight is 367 g/mol. The first-order valence-electron chi connectivity index (χ1n) is 7.84. The highest BCUT2D eigenvalue weighted by molar-refractivity contribution is 7.90. The number of hydrogen-bond acceptors (Lipinski definition) is 6. The van der Waals surface area contributed by atoms with Gasteiger partial charge in [-0.2, -0.15) is 0 Å². The molecule has 0 spiro atoms. The van der Waals surface area contributed by atoms with Gasteiger partial charge in [-0.1, -0.05) is 25.5 Å². The zero-order chi connectivity index (χ0) is 18.4. The Kier molecular flexibility index (Phi) is 6.02. The standard InChI is InChI=1S/C16H21N3O5S/c1-3-4-7-12-10-17-19(11-12)16(21)18-25(22,23)14-9-6-5-8-13(14)15(20)24-2/h5-6,8-10,17H,3-4,7,11H2,1-2H3,(H,18,21). The number of nitrogens with zero attached hydrogens (tertiary/aromatic N) is 1. The summed E-state index contributed by atoms with van der Waals surface area (Å²) in [7, 11) is -3.07. The molecule has 2 amide bonds. The lowest BCUT2D eigenvalue weighted by atomic mass is 10.1. The molecular weight excluding hydrogens is 346 g/mol. The summed E-state index contributed by atoms with van der Waals surface area (Å²) in [5.41, 5.74) is 3.62. The van der Waals surface area contributed by atoms with E-state index in [9.17, 15) is 18.0 Å². The molecule has 0 saturated carbocycles. The molecule has 1 aliphatic heterocycles. The van der Waals surface area contributed by atoms with Crippen molar-refractivity contribution in [2.75, 3.05) is 13.7 Å². The molecule has 8 nitrogen and oxygen atoms in total. The Labute approximate surface area is 146 Å². The number of nitrogens with one attached hydrogen (secondary N) is 2. The molecule has 136 valence electrons. The first kappa shape index (κ1) is 18.8. The van der Waals surface area contributed by atoms with Crippen molar-refractivity contribution in [1.82, 2.24) is 15.2 Å². The largest absolute Gasteiger partial charge is 0.465 e. The summed E-state index contributed by atoms with van der Waals surface area (Å²) in [5.74, 6) is -0.795. The zero-order valence-electron chi connectivity index (χ0n) is 14.1. The highest BCUT2D eigenvalue weighted by Gasteiger charge is 2.28. The van der Waals surface area contributed by atoms with Crippen LogP contribution >= 0.6 is 0 Å². The average Bonchev–Trinajstić information content (AvgIpc) is 3.08. The highest BCUT2D eigenvalue weighted by Crippen LogP contribution is 2.17. The van der Waals surface area contributed by atoms with Gasteiger partial charge in [0.15, 0.2) is 0 Å². The third-order valence-electron chi connectivity index (χ3n) is 3.69. The van der Waals surface area contributed by atoms with Gasteiger partial charge in [-0.05, 0) is 30.5 Å². The van der Waals surface area contributed by atoms with Gasteiger partial charge in [-0.15, -0.1) is 0 Å². The normalized spacial score (nSPS) is 13.8. The summed E-state index contributed by atoms with van der Waals surface area (Å²) in [5, 5.41) is 1.17. The van der Waals surface area contributed by atoms with Gasteiger partial charge < -0.3 is 10.2 Å². The van der Waals surface area contributed by atoms with E-state index in [1.165, 1.54) is 29.3 Å². The van der Waals surface area contributed by atoms with Crippen LogP contribution in [0, 0.1) is 0 Å². The molecule has 0 unspecified atom stereocenters. The minimum Gasteiger partial charge on any atom is -0.465 e. The molecule has 0 aliphatic carbocycles. The van der Waals surface area contributed by atoms with Gasteiger partial charge in [0.05, 0.1) is 19.2 Å². The van der Waals surface area contributed by atoms with Crippen LogP contribution in [-0.2, 0) is 14.8 Å². The lowest BCUT2D eigenvalue weighted by Gasteiger charge is -2.18. The lowest BCUT2D eigenvalue weighted by Crippen LogP contribution is -2.46. The Morgan fingerprint density at radius 3 is 2.72 bits per heavy atom. The summed E-state index contributed by atoms with van der Waals surface area (Å²) in [4.78, 5) is 23.7. The van der Waals surface area contributed by atoms with E-state index in [0.717, 1.165) is 31.9 Å². The quantitative estimate of drug-likeness (QED) is 0.743. The fourth-order valence-electron chi connectivity index (χ4n) is 2.35. The number of urea groups is 1. The van der Waals surface area contributed by atoms with Crippen LogP contribution in [0.1, 0.15) is 36.5 Å². The number of benzene rings is 1. The topological polar surface area (TPSA) is 105 Å². The van der Waals surface area contributed by atoms with E-state index in [-0.39, 0.29) is 10.5 Å². The fraction of sp³-hybridized carbons (Fsp3) is 0.375. The van der Waals surface area contributed by atoms with Crippen molar-refractivity contribution in [2.24, 2.45) is 0 Å². The van der Waals surface area contributed by atoms with E-state index in [1.807, 2.05) is 4.72 Å². The number of methoxy groups -OCH3 is 1. The molecule has 25 heavy (non-hydrogen) atoms. The molecule has 9 heteroatoms. The van der Waals surface area contributed by atoms with Crippen LogP contribution in [0.3, 0.4) is 0 Å². The highest BCUT2D eigenvalue weighted by atomic mass is 32.2. The van der Waals surface area contributed by atoms with Gasteiger partial charge in [0, 0.05) is 6.20 Å². The summed E-state index contributed by atoms with van der Waals surface area (Å²) in [6, 6.07) is 4.72. The lowest BCUT2D eigenvalue weighted by molar-refractivity contribution is 0.0596. The number of hydrogen-bond donors (Lipinski definition) is 2. The molecule has 0 radical (unpaired) electrons. The van der Waals surface area contributed by atoms with E-state index < -0.39 is 22.0 Å². The molecule has 0 saturated heterocycles. The number of hydrazine groups is 1. The predicted octanol–water partition coefficient (Wildman–Crippen LogP) is 1.77. The fourth-order valence-corrected chi connectivity index (χ4v) is 3.50. The van der Waals surface area contributed by atoms with Gasteiger partial charge >= 0.3 is 12.0 Å². The molecule has 1 aromatic rings. The van der Waals surface area contributed by atoms with Crippen molar-refractivity contribution in [1.29, 1.82) is 0 Å². The monoisotopic (exact) mass is 367 g/mol. The third-order valence-corrected chi connectivity index (χ3v) is 5.06. The van der Waals surface area contributed by atoms with Crippen molar-refractivity contribution in [2.45, 2.75) is 31.1 Å². The van der Waals surface area contributed by atoms with Crippen molar-refractivity contribution >= 4 is 22.0 Å². The Morgan fingerprint density at radius 2 is 2.04 bits per heavy atom.